The summed E-state index contributed by atoms with van der Waals surface area (Å²) in [6.07, 6.45) is 0.404. The highest BCUT2D eigenvalue weighted by Crippen LogP contribution is 2.21. The largest absolute Gasteiger partial charge is 0.494 e. The van der Waals surface area contributed by atoms with E-state index < -0.39 is 11.8 Å². The maximum Gasteiger partial charge on any atom is 0.345 e. The van der Waals surface area contributed by atoms with Crippen molar-refractivity contribution in [2.24, 2.45) is 0 Å². The second kappa shape index (κ2) is 7.73. The third-order valence-corrected chi connectivity index (χ3v) is 4.29. The highest BCUT2D eigenvalue weighted by Gasteiger charge is 2.11. The number of aryl methyl sites for hydroxylation is 1. The smallest absolute Gasteiger partial charge is 0.345 e. The maximum absolute atomic E-state index is 13.9. The molecule has 1 aromatic carbocycles. The van der Waals surface area contributed by atoms with Crippen molar-refractivity contribution in [2.45, 2.75) is 19.4 Å². The van der Waals surface area contributed by atoms with Gasteiger partial charge in [-0.15, -0.1) is 11.3 Å². The van der Waals surface area contributed by atoms with E-state index in [0.717, 1.165) is 16.2 Å². The minimum Gasteiger partial charge on any atom is -0.494 e. The van der Waals surface area contributed by atoms with E-state index in [0.29, 0.717) is 5.56 Å². The number of carboxylic acid groups (broad SMARTS) is 1. The van der Waals surface area contributed by atoms with Gasteiger partial charge in [-0.25, -0.2) is 9.18 Å². The van der Waals surface area contributed by atoms with E-state index in [2.05, 4.69) is 5.32 Å². The van der Waals surface area contributed by atoms with Crippen LogP contribution in [-0.2, 0) is 17.8 Å². The molecule has 0 saturated heterocycles. The van der Waals surface area contributed by atoms with Crippen molar-refractivity contribution >= 4 is 23.2 Å². The molecule has 0 fully saturated rings. The summed E-state index contributed by atoms with van der Waals surface area (Å²) in [5.74, 6) is -1.51. The quantitative estimate of drug-likeness (QED) is 0.815. The van der Waals surface area contributed by atoms with Crippen LogP contribution in [0.5, 0.6) is 5.75 Å². The molecule has 0 atom stereocenters. The van der Waals surface area contributed by atoms with Gasteiger partial charge in [0.25, 0.3) is 0 Å². The number of carbonyl (C=O) groups excluding carboxylic acids is 1. The zero-order chi connectivity index (χ0) is 16.8. The van der Waals surface area contributed by atoms with E-state index in [-0.39, 0.29) is 35.9 Å². The van der Waals surface area contributed by atoms with E-state index in [1.54, 1.807) is 18.2 Å². The summed E-state index contributed by atoms with van der Waals surface area (Å²) >= 11 is 1.11. The summed E-state index contributed by atoms with van der Waals surface area (Å²) in [4.78, 5) is 23.6. The predicted octanol–water partition coefficient (Wildman–Crippen LogP) is 2.84. The number of aromatic carboxylic acids is 1. The first-order valence-corrected chi connectivity index (χ1v) is 7.73. The van der Waals surface area contributed by atoms with Crippen LogP contribution in [0.15, 0.2) is 30.3 Å². The standard InChI is InChI=1S/C16H16FNO4S/c1-22-12-4-2-3-10(15(12)17)5-8-14(19)18-9-11-6-7-13(23-11)16(20)21/h2-4,6-7H,5,8-9H2,1H3,(H,18,19)(H,20,21). The van der Waals surface area contributed by atoms with E-state index in [9.17, 15) is 14.0 Å². The third kappa shape index (κ3) is 4.53. The molecule has 0 saturated carbocycles. The summed E-state index contributed by atoms with van der Waals surface area (Å²) in [5, 5.41) is 11.5. The van der Waals surface area contributed by atoms with Crippen LogP contribution in [0.4, 0.5) is 4.39 Å². The van der Waals surface area contributed by atoms with Gasteiger partial charge >= 0.3 is 5.97 Å². The van der Waals surface area contributed by atoms with Crippen LogP contribution in [0.25, 0.3) is 0 Å². The lowest BCUT2D eigenvalue weighted by Crippen LogP contribution is -2.22. The lowest BCUT2D eigenvalue weighted by atomic mass is 10.1. The van der Waals surface area contributed by atoms with Gasteiger partial charge in [0, 0.05) is 11.3 Å². The van der Waals surface area contributed by atoms with Crippen LogP contribution in [0.1, 0.15) is 26.5 Å². The predicted molar refractivity (Wildman–Crippen MR) is 84.4 cm³/mol. The Labute approximate surface area is 136 Å². The molecular formula is C16H16FNO4S. The molecule has 0 aliphatic rings. The normalized spacial score (nSPS) is 10.3. The van der Waals surface area contributed by atoms with Gasteiger partial charge in [-0.05, 0) is 30.2 Å². The molecule has 1 heterocycles. The highest BCUT2D eigenvalue weighted by molar-refractivity contribution is 7.13. The lowest BCUT2D eigenvalue weighted by molar-refractivity contribution is -0.121. The Bertz CT molecular complexity index is 714. The van der Waals surface area contributed by atoms with Gasteiger partial charge in [0.05, 0.1) is 13.7 Å². The van der Waals surface area contributed by atoms with E-state index in [1.165, 1.54) is 19.2 Å². The molecule has 5 nitrogen and oxygen atoms in total. The number of carbonyl (C=O) groups is 2. The van der Waals surface area contributed by atoms with Crippen LogP contribution in [0.3, 0.4) is 0 Å². The Hall–Kier alpha value is -2.41. The van der Waals surface area contributed by atoms with Crippen molar-refractivity contribution < 1.29 is 23.8 Å². The average molecular weight is 337 g/mol. The number of carboxylic acids is 1. The molecule has 0 bridgehead atoms. The number of hydrogen-bond acceptors (Lipinski definition) is 4. The molecule has 7 heteroatoms. The summed E-state index contributed by atoms with van der Waals surface area (Å²) in [7, 11) is 1.39. The monoisotopic (exact) mass is 337 g/mol. The number of benzene rings is 1. The zero-order valence-electron chi connectivity index (χ0n) is 12.5. The number of nitrogens with one attached hydrogen (secondary N) is 1. The van der Waals surface area contributed by atoms with Crippen molar-refractivity contribution in [3.05, 3.63) is 51.5 Å². The molecule has 2 rings (SSSR count). The fraction of sp³-hybridized carbons (Fsp3) is 0.250. The maximum atomic E-state index is 13.9. The first-order valence-electron chi connectivity index (χ1n) is 6.91. The van der Waals surface area contributed by atoms with Gasteiger partial charge in [-0.2, -0.15) is 0 Å². The minimum atomic E-state index is -0.985. The van der Waals surface area contributed by atoms with Crippen LogP contribution < -0.4 is 10.1 Å². The summed E-state index contributed by atoms with van der Waals surface area (Å²) in [6, 6.07) is 7.98. The van der Waals surface area contributed by atoms with Gasteiger partial charge in [0.15, 0.2) is 11.6 Å². The molecule has 1 amide bonds. The van der Waals surface area contributed by atoms with Crippen LogP contribution in [0, 0.1) is 5.82 Å². The second-order valence-corrected chi connectivity index (χ2v) is 5.95. The fourth-order valence-electron chi connectivity index (χ4n) is 2.02. The minimum absolute atomic E-state index is 0.140. The van der Waals surface area contributed by atoms with E-state index >= 15 is 0 Å². The molecule has 0 aliphatic carbocycles. The number of amides is 1. The Morgan fingerprint density at radius 1 is 1.30 bits per heavy atom. The molecule has 0 spiro atoms. The van der Waals surface area contributed by atoms with Crippen molar-refractivity contribution in [1.82, 2.24) is 5.32 Å². The zero-order valence-corrected chi connectivity index (χ0v) is 13.3. The molecular weight excluding hydrogens is 321 g/mol. The van der Waals surface area contributed by atoms with Crippen molar-refractivity contribution in [1.29, 1.82) is 0 Å². The Morgan fingerprint density at radius 3 is 2.74 bits per heavy atom. The summed E-state index contributed by atoms with van der Waals surface area (Å²) in [6.45, 7) is 0.261. The van der Waals surface area contributed by atoms with Gasteiger partial charge in [-0.3, -0.25) is 4.79 Å². The highest BCUT2D eigenvalue weighted by atomic mass is 32.1. The average Bonchev–Trinajstić information content (AvgIpc) is 3.01. The lowest BCUT2D eigenvalue weighted by Gasteiger charge is -2.07. The Balaban J connectivity index is 1.84. The number of ether oxygens (including phenoxy) is 1. The van der Waals surface area contributed by atoms with Crippen molar-refractivity contribution in [2.75, 3.05) is 7.11 Å². The molecule has 1 aromatic heterocycles. The van der Waals surface area contributed by atoms with Gasteiger partial charge in [0.2, 0.25) is 5.91 Å². The summed E-state index contributed by atoms with van der Waals surface area (Å²) in [5.41, 5.74) is 0.420. The van der Waals surface area contributed by atoms with Crippen molar-refractivity contribution in [3.8, 4) is 5.75 Å². The fourth-order valence-corrected chi connectivity index (χ4v) is 2.80. The molecule has 23 heavy (non-hydrogen) atoms. The molecule has 2 aromatic rings. The van der Waals surface area contributed by atoms with Crippen LogP contribution in [0.2, 0.25) is 0 Å². The SMILES string of the molecule is COc1cccc(CCC(=O)NCc2ccc(C(=O)O)s2)c1F. The third-order valence-electron chi connectivity index (χ3n) is 3.22. The Kier molecular flexibility index (Phi) is 5.70. The van der Waals surface area contributed by atoms with Gasteiger partial charge in [-0.1, -0.05) is 12.1 Å². The first kappa shape index (κ1) is 17.0. The number of thiophene rings is 1. The number of rotatable bonds is 7. The number of methoxy groups -OCH3 is 1. The first-order chi connectivity index (χ1) is 11.0. The number of halogens is 1. The van der Waals surface area contributed by atoms with E-state index in [1.807, 2.05) is 0 Å². The topological polar surface area (TPSA) is 75.6 Å². The molecule has 122 valence electrons. The van der Waals surface area contributed by atoms with Gasteiger partial charge < -0.3 is 15.2 Å². The molecule has 0 unspecified atom stereocenters. The van der Waals surface area contributed by atoms with Crippen LogP contribution >= 0.6 is 11.3 Å². The number of hydrogen-bond donors (Lipinski definition) is 2. The molecule has 0 aliphatic heterocycles. The van der Waals surface area contributed by atoms with E-state index in [4.69, 9.17) is 9.84 Å². The summed E-state index contributed by atoms with van der Waals surface area (Å²) < 4.78 is 18.8. The molecule has 0 radical (unpaired) electrons. The van der Waals surface area contributed by atoms with Gasteiger partial charge in [0.1, 0.15) is 4.88 Å². The van der Waals surface area contributed by atoms with Crippen LogP contribution in [-0.4, -0.2) is 24.1 Å². The Morgan fingerprint density at radius 2 is 2.09 bits per heavy atom. The van der Waals surface area contributed by atoms with Crippen molar-refractivity contribution in [3.63, 3.8) is 0 Å². The second-order valence-electron chi connectivity index (χ2n) is 4.78. The molecule has 2 N–H and O–H groups in total.